The fourth-order valence-electron chi connectivity index (χ4n) is 8.15. The molecule has 52 heavy (non-hydrogen) atoms. The van der Waals surface area contributed by atoms with E-state index in [9.17, 15) is 0 Å². The number of rotatable bonds is 4. The Balaban J connectivity index is 1.31. The van der Waals surface area contributed by atoms with Gasteiger partial charge in [-0.25, -0.2) is 9.97 Å². The van der Waals surface area contributed by atoms with Gasteiger partial charge >= 0.3 is 0 Å². The van der Waals surface area contributed by atoms with E-state index in [2.05, 4.69) is 179 Å². The normalized spacial score (nSPS) is 11.8. The fourth-order valence-corrected chi connectivity index (χ4v) is 8.15. The Bertz CT molecular complexity index is 3170. The highest BCUT2D eigenvalue weighted by atomic mass is 15.1. The molecule has 0 N–H and O–H groups in total. The Labute approximate surface area is 299 Å². The van der Waals surface area contributed by atoms with Gasteiger partial charge in [0.25, 0.3) is 0 Å². The fraction of sp³-hybridized carbons (Fsp3) is 0. The van der Waals surface area contributed by atoms with E-state index in [0.29, 0.717) is 0 Å². The van der Waals surface area contributed by atoms with Gasteiger partial charge in [-0.3, -0.25) is 4.57 Å². The average molecular weight is 663 g/mol. The van der Waals surface area contributed by atoms with E-state index < -0.39 is 0 Å². The minimum atomic E-state index is 0.806. The molecule has 0 aliphatic carbocycles. The molecule has 0 fully saturated rings. The summed E-state index contributed by atoms with van der Waals surface area (Å²) in [6.07, 6.45) is 0. The van der Waals surface area contributed by atoms with Crippen LogP contribution in [-0.2, 0) is 0 Å². The first-order valence-electron chi connectivity index (χ1n) is 17.7. The summed E-state index contributed by atoms with van der Waals surface area (Å²) >= 11 is 0. The SMILES string of the molecule is c1ccc(-c2cccc(-c3nc4ccccc4nc3-n3c4cc5c(cc4c4c6ccccc6ccc43)c3ccccc3n5-c3ccccc3)c2)cc1. The van der Waals surface area contributed by atoms with Crippen LogP contribution in [0.2, 0.25) is 0 Å². The van der Waals surface area contributed by atoms with E-state index in [1.165, 1.54) is 43.4 Å². The Morgan fingerprint density at radius 3 is 1.85 bits per heavy atom. The molecule has 0 unspecified atom stereocenters. The molecule has 11 rings (SSSR count). The summed E-state index contributed by atoms with van der Waals surface area (Å²) in [4.78, 5) is 10.9. The van der Waals surface area contributed by atoms with Crippen LogP contribution in [0.5, 0.6) is 0 Å². The molecule has 3 aromatic heterocycles. The van der Waals surface area contributed by atoms with Crippen LogP contribution in [0.3, 0.4) is 0 Å². The quantitative estimate of drug-likeness (QED) is 0.188. The van der Waals surface area contributed by atoms with Crippen LogP contribution >= 0.6 is 0 Å². The van der Waals surface area contributed by atoms with Crippen molar-refractivity contribution in [3.63, 3.8) is 0 Å². The van der Waals surface area contributed by atoms with Crippen molar-refractivity contribution in [1.82, 2.24) is 19.1 Å². The van der Waals surface area contributed by atoms with Crippen molar-refractivity contribution in [2.45, 2.75) is 0 Å². The Morgan fingerprint density at radius 1 is 0.346 bits per heavy atom. The van der Waals surface area contributed by atoms with Gasteiger partial charge in [0.15, 0.2) is 5.82 Å². The summed E-state index contributed by atoms with van der Waals surface area (Å²) in [6.45, 7) is 0. The molecule has 0 atom stereocenters. The standard InChI is InChI=1S/C48H30N4/c1-3-14-31(15-4-1)33-17-13-18-34(28-33)47-48(50-41-24-11-10-23-40(41)49-47)52-43-27-26-32-16-7-8-21-36(32)46(43)39-29-38-37-22-9-12-25-42(37)51(44(38)30-45(39)52)35-19-5-2-6-20-35/h1-30H. The van der Waals surface area contributed by atoms with Crippen LogP contribution < -0.4 is 0 Å². The molecule has 11 aromatic rings. The van der Waals surface area contributed by atoms with Gasteiger partial charge in [-0.2, -0.15) is 0 Å². The zero-order valence-corrected chi connectivity index (χ0v) is 28.1. The maximum absolute atomic E-state index is 5.47. The lowest BCUT2D eigenvalue weighted by molar-refractivity contribution is 1.08. The largest absolute Gasteiger partial charge is 0.309 e. The average Bonchev–Trinajstić information content (AvgIpc) is 3.72. The van der Waals surface area contributed by atoms with E-state index in [1.807, 2.05) is 12.1 Å². The molecule has 0 amide bonds. The molecule has 0 saturated carbocycles. The van der Waals surface area contributed by atoms with Crippen LogP contribution in [0.25, 0.3) is 99.3 Å². The van der Waals surface area contributed by atoms with Crippen LogP contribution in [-0.4, -0.2) is 19.1 Å². The first-order chi connectivity index (χ1) is 25.8. The van der Waals surface area contributed by atoms with Crippen LogP contribution in [0.15, 0.2) is 182 Å². The molecule has 0 bridgehead atoms. The smallest absolute Gasteiger partial charge is 0.165 e. The van der Waals surface area contributed by atoms with E-state index >= 15 is 0 Å². The second-order valence-corrected chi connectivity index (χ2v) is 13.4. The minimum Gasteiger partial charge on any atom is -0.309 e. The Morgan fingerprint density at radius 2 is 1.00 bits per heavy atom. The molecule has 3 heterocycles. The topological polar surface area (TPSA) is 35.6 Å². The highest BCUT2D eigenvalue weighted by molar-refractivity contribution is 6.25. The number of nitrogens with zero attached hydrogens (tertiary/aromatic N) is 4. The van der Waals surface area contributed by atoms with E-state index in [4.69, 9.17) is 9.97 Å². The van der Waals surface area contributed by atoms with Crippen molar-refractivity contribution in [1.29, 1.82) is 0 Å². The molecule has 242 valence electrons. The van der Waals surface area contributed by atoms with E-state index in [1.54, 1.807) is 0 Å². The zero-order valence-electron chi connectivity index (χ0n) is 28.1. The third kappa shape index (κ3) is 4.28. The zero-order chi connectivity index (χ0) is 34.2. The predicted molar refractivity (Wildman–Crippen MR) is 217 cm³/mol. The number of fused-ring (bicyclic) bond motifs is 9. The van der Waals surface area contributed by atoms with Gasteiger partial charge < -0.3 is 4.57 Å². The molecule has 0 spiro atoms. The summed E-state index contributed by atoms with van der Waals surface area (Å²) in [5.74, 6) is 0.806. The van der Waals surface area contributed by atoms with Crippen molar-refractivity contribution >= 4 is 65.4 Å². The predicted octanol–water partition coefficient (Wildman–Crippen LogP) is 12.3. The molecule has 0 aliphatic rings. The molecule has 0 saturated heterocycles. The van der Waals surface area contributed by atoms with Crippen LogP contribution in [0.1, 0.15) is 0 Å². The van der Waals surface area contributed by atoms with Gasteiger partial charge in [0.05, 0.1) is 33.1 Å². The second kappa shape index (κ2) is 11.2. The number of hydrogen-bond acceptors (Lipinski definition) is 2. The molecule has 4 heteroatoms. The molecular formula is C48H30N4. The van der Waals surface area contributed by atoms with Crippen molar-refractivity contribution < 1.29 is 0 Å². The van der Waals surface area contributed by atoms with Crippen LogP contribution in [0.4, 0.5) is 0 Å². The van der Waals surface area contributed by atoms with Crippen molar-refractivity contribution in [3.05, 3.63) is 182 Å². The lowest BCUT2D eigenvalue weighted by atomic mass is 10.0. The van der Waals surface area contributed by atoms with E-state index in [0.717, 1.165) is 55.9 Å². The molecule has 0 radical (unpaired) electrons. The van der Waals surface area contributed by atoms with Gasteiger partial charge in [-0.1, -0.05) is 127 Å². The van der Waals surface area contributed by atoms with Gasteiger partial charge in [0, 0.05) is 32.8 Å². The van der Waals surface area contributed by atoms with E-state index in [-0.39, 0.29) is 0 Å². The second-order valence-electron chi connectivity index (χ2n) is 13.4. The summed E-state index contributed by atoms with van der Waals surface area (Å²) in [7, 11) is 0. The summed E-state index contributed by atoms with van der Waals surface area (Å²) in [6, 6.07) is 64.8. The molecule has 0 aliphatic heterocycles. The first kappa shape index (κ1) is 28.8. The molecule has 8 aromatic carbocycles. The third-order valence-electron chi connectivity index (χ3n) is 10.5. The Hall–Kier alpha value is -7.04. The van der Waals surface area contributed by atoms with Gasteiger partial charge in [-0.15, -0.1) is 0 Å². The minimum absolute atomic E-state index is 0.806. The van der Waals surface area contributed by atoms with Gasteiger partial charge in [-0.05, 0) is 76.5 Å². The number of para-hydroxylation sites is 4. The monoisotopic (exact) mass is 662 g/mol. The van der Waals surface area contributed by atoms with Gasteiger partial charge in [0.2, 0.25) is 0 Å². The summed E-state index contributed by atoms with van der Waals surface area (Å²) in [5.41, 5.74) is 11.5. The number of aromatic nitrogens is 4. The maximum atomic E-state index is 5.47. The summed E-state index contributed by atoms with van der Waals surface area (Å²) < 4.78 is 4.74. The molecule has 4 nitrogen and oxygen atoms in total. The molecular weight excluding hydrogens is 633 g/mol. The van der Waals surface area contributed by atoms with Crippen molar-refractivity contribution in [3.8, 4) is 33.9 Å². The lowest BCUT2D eigenvalue weighted by Crippen LogP contribution is -2.04. The number of benzene rings is 8. The Kier molecular flexibility index (Phi) is 6.22. The highest BCUT2D eigenvalue weighted by Crippen LogP contribution is 2.43. The van der Waals surface area contributed by atoms with Crippen molar-refractivity contribution in [2.24, 2.45) is 0 Å². The lowest BCUT2D eigenvalue weighted by Gasteiger charge is -2.15. The highest BCUT2D eigenvalue weighted by Gasteiger charge is 2.23. The third-order valence-corrected chi connectivity index (χ3v) is 10.5. The maximum Gasteiger partial charge on any atom is 0.165 e. The summed E-state index contributed by atoms with van der Waals surface area (Å²) in [5, 5.41) is 7.28. The van der Waals surface area contributed by atoms with Crippen molar-refractivity contribution in [2.75, 3.05) is 0 Å². The van der Waals surface area contributed by atoms with Crippen LogP contribution in [0, 0.1) is 0 Å². The first-order valence-corrected chi connectivity index (χ1v) is 17.7. The number of hydrogen-bond donors (Lipinski definition) is 0. The van der Waals surface area contributed by atoms with Gasteiger partial charge in [0.1, 0.15) is 5.69 Å².